The Kier molecular flexibility index (Phi) is 3.41. The van der Waals surface area contributed by atoms with Crippen molar-refractivity contribution >= 4 is 5.82 Å². The van der Waals surface area contributed by atoms with E-state index in [2.05, 4.69) is 15.5 Å². The molecule has 2 N–H and O–H groups in total. The average Bonchev–Trinajstić information content (AvgIpc) is 2.21. The van der Waals surface area contributed by atoms with Gasteiger partial charge in [-0.25, -0.2) is 0 Å². The molecular weight excluding hydrogens is 178 g/mol. The zero-order valence-electron chi connectivity index (χ0n) is 8.91. The lowest BCUT2D eigenvalue weighted by Crippen LogP contribution is -2.38. The molecule has 1 aromatic rings. The zero-order chi connectivity index (χ0) is 10.6. The molecule has 0 saturated carbocycles. The first-order chi connectivity index (χ1) is 6.59. The Morgan fingerprint density at radius 2 is 2.14 bits per heavy atom. The fourth-order valence-corrected chi connectivity index (χ4v) is 1.01. The molecule has 0 saturated heterocycles. The summed E-state index contributed by atoms with van der Waals surface area (Å²) in [5, 5.41) is 20.3. The number of aromatic nitrogens is 2. The van der Waals surface area contributed by atoms with Gasteiger partial charge in [-0.05, 0) is 32.4 Å². The maximum atomic E-state index is 9.19. The van der Waals surface area contributed by atoms with Gasteiger partial charge in [0.25, 0.3) is 0 Å². The van der Waals surface area contributed by atoms with Crippen LogP contribution in [0.5, 0.6) is 0 Å². The molecule has 0 fully saturated rings. The van der Waals surface area contributed by atoms with Crippen molar-refractivity contribution in [2.45, 2.75) is 32.7 Å². The highest BCUT2D eigenvalue weighted by Gasteiger charge is 2.20. The minimum absolute atomic E-state index is 0.0824. The van der Waals surface area contributed by atoms with Gasteiger partial charge in [0.2, 0.25) is 0 Å². The number of aliphatic hydroxyl groups is 1. The number of aryl methyl sites for hydroxylation is 1. The molecule has 1 atom stereocenters. The summed E-state index contributed by atoms with van der Waals surface area (Å²) in [5.41, 5.74) is 0.571. The second kappa shape index (κ2) is 4.37. The SMILES string of the molecule is CCC(C)(CO)Nc1ccc(C)nn1. The minimum atomic E-state index is -0.316. The van der Waals surface area contributed by atoms with Crippen molar-refractivity contribution in [1.29, 1.82) is 0 Å². The van der Waals surface area contributed by atoms with Crippen molar-refractivity contribution < 1.29 is 5.11 Å². The number of nitrogens with one attached hydrogen (secondary N) is 1. The van der Waals surface area contributed by atoms with Gasteiger partial charge in [-0.2, -0.15) is 5.10 Å². The van der Waals surface area contributed by atoms with Gasteiger partial charge in [0.1, 0.15) is 5.82 Å². The highest BCUT2D eigenvalue weighted by Crippen LogP contribution is 2.15. The van der Waals surface area contributed by atoms with E-state index < -0.39 is 0 Å². The number of rotatable bonds is 4. The molecule has 0 radical (unpaired) electrons. The van der Waals surface area contributed by atoms with E-state index in [1.165, 1.54) is 0 Å². The van der Waals surface area contributed by atoms with Gasteiger partial charge in [0.15, 0.2) is 0 Å². The van der Waals surface area contributed by atoms with Crippen LogP contribution in [0.3, 0.4) is 0 Å². The van der Waals surface area contributed by atoms with E-state index in [0.717, 1.165) is 12.1 Å². The van der Waals surface area contributed by atoms with Crippen molar-refractivity contribution in [2.75, 3.05) is 11.9 Å². The summed E-state index contributed by atoms with van der Waals surface area (Å²) in [6.07, 6.45) is 0.832. The molecule has 78 valence electrons. The Hall–Kier alpha value is -1.16. The molecule has 0 aliphatic carbocycles. The molecule has 1 unspecified atom stereocenters. The van der Waals surface area contributed by atoms with Crippen LogP contribution in [-0.4, -0.2) is 27.4 Å². The van der Waals surface area contributed by atoms with Crippen LogP contribution < -0.4 is 5.32 Å². The predicted molar refractivity (Wildman–Crippen MR) is 56.2 cm³/mol. The van der Waals surface area contributed by atoms with Crippen molar-refractivity contribution in [2.24, 2.45) is 0 Å². The highest BCUT2D eigenvalue weighted by atomic mass is 16.3. The molecule has 4 nitrogen and oxygen atoms in total. The zero-order valence-corrected chi connectivity index (χ0v) is 8.91. The van der Waals surface area contributed by atoms with E-state index in [9.17, 15) is 5.11 Å². The van der Waals surface area contributed by atoms with Crippen LogP contribution in [0.2, 0.25) is 0 Å². The molecule has 4 heteroatoms. The summed E-state index contributed by atoms with van der Waals surface area (Å²) in [4.78, 5) is 0. The maximum Gasteiger partial charge on any atom is 0.149 e. The van der Waals surface area contributed by atoms with Gasteiger partial charge in [0, 0.05) is 0 Å². The van der Waals surface area contributed by atoms with Crippen LogP contribution in [0.15, 0.2) is 12.1 Å². The topological polar surface area (TPSA) is 58.0 Å². The number of nitrogens with zero attached hydrogens (tertiary/aromatic N) is 2. The molecule has 0 aromatic carbocycles. The number of aliphatic hydroxyl groups excluding tert-OH is 1. The van der Waals surface area contributed by atoms with Gasteiger partial charge >= 0.3 is 0 Å². The first-order valence-electron chi connectivity index (χ1n) is 4.79. The third-order valence-corrected chi connectivity index (χ3v) is 2.36. The number of hydrogen-bond donors (Lipinski definition) is 2. The molecule has 14 heavy (non-hydrogen) atoms. The van der Waals surface area contributed by atoms with E-state index in [-0.39, 0.29) is 12.1 Å². The summed E-state index contributed by atoms with van der Waals surface area (Å²) in [6, 6.07) is 3.76. The van der Waals surface area contributed by atoms with Crippen LogP contribution >= 0.6 is 0 Å². The third kappa shape index (κ3) is 2.67. The van der Waals surface area contributed by atoms with Crippen LogP contribution in [0.4, 0.5) is 5.82 Å². The number of hydrogen-bond acceptors (Lipinski definition) is 4. The quantitative estimate of drug-likeness (QED) is 0.761. The summed E-state index contributed by atoms with van der Waals surface area (Å²) in [6.45, 7) is 5.94. The van der Waals surface area contributed by atoms with Gasteiger partial charge in [-0.1, -0.05) is 6.92 Å². The summed E-state index contributed by atoms with van der Waals surface area (Å²) < 4.78 is 0. The number of anilines is 1. The monoisotopic (exact) mass is 195 g/mol. The molecule has 0 aliphatic heterocycles. The highest BCUT2D eigenvalue weighted by molar-refractivity contribution is 5.36. The van der Waals surface area contributed by atoms with E-state index >= 15 is 0 Å². The average molecular weight is 195 g/mol. The lowest BCUT2D eigenvalue weighted by molar-refractivity contribution is 0.218. The van der Waals surface area contributed by atoms with Crippen molar-refractivity contribution in [3.05, 3.63) is 17.8 Å². The third-order valence-electron chi connectivity index (χ3n) is 2.36. The summed E-state index contributed by atoms with van der Waals surface area (Å²) >= 11 is 0. The molecule has 1 heterocycles. The van der Waals surface area contributed by atoms with E-state index in [0.29, 0.717) is 5.82 Å². The Morgan fingerprint density at radius 1 is 1.43 bits per heavy atom. The minimum Gasteiger partial charge on any atom is -0.394 e. The van der Waals surface area contributed by atoms with E-state index in [4.69, 9.17) is 0 Å². The Bertz CT molecular complexity index is 280. The summed E-state index contributed by atoms with van der Waals surface area (Å²) in [7, 11) is 0. The van der Waals surface area contributed by atoms with Gasteiger partial charge < -0.3 is 10.4 Å². The molecule has 0 bridgehead atoms. The van der Waals surface area contributed by atoms with Crippen LogP contribution in [-0.2, 0) is 0 Å². The van der Waals surface area contributed by atoms with Gasteiger partial charge in [-0.15, -0.1) is 5.10 Å². The molecule has 1 aromatic heterocycles. The normalized spacial score (nSPS) is 14.9. The second-order valence-corrected chi connectivity index (χ2v) is 3.76. The Morgan fingerprint density at radius 3 is 2.57 bits per heavy atom. The van der Waals surface area contributed by atoms with Gasteiger partial charge in [0.05, 0.1) is 17.8 Å². The lowest BCUT2D eigenvalue weighted by Gasteiger charge is -2.27. The molecular formula is C10H17N3O. The molecule has 1 rings (SSSR count). The molecule has 0 spiro atoms. The van der Waals surface area contributed by atoms with E-state index in [1.807, 2.05) is 32.9 Å². The van der Waals surface area contributed by atoms with E-state index in [1.54, 1.807) is 0 Å². The second-order valence-electron chi connectivity index (χ2n) is 3.76. The largest absolute Gasteiger partial charge is 0.394 e. The van der Waals surface area contributed by atoms with Crippen molar-refractivity contribution in [3.63, 3.8) is 0 Å². The molecule has 0 amide bonds. The fraction of sp³-hybridized carbons (Fsp3) is 0.600. The van der Waals surface area contributed by atoms with Crippen molar-refractivity contribution in [3.8, 4) is 0 Å². The van der Waals surface area contributed by atoms with Gasteiger partial charge in [-0.3, -0.25) is 0 Å². The molecule has 0 aliphatic rings. The van der Waals surface area contributed by atoms with Crippen LogP contribution in [0.1, 0.15) is 26.0 Å². The first kappa shape index (κ1) is 10.9. The maximum absolute atomic E-state index is 9.19. The van der Waals surface area contributed by atoms with Crippen LogP contribution in [0, 0.1) is 6.92 Å². The standard InChI is InChI=1S/C10H17N3O/c1-4-10(3,7-14)11-9-6-5-8(2)12-13-9/h5-6,14H,4,7H2,1-3H3,(H,11,13). The smallest absolute Gasteiger partial charge is 0.149 e. The Balaban J connectivity index is 2.72. The summed E-state index contributed by atoms with van der Waals surface area (Å²) in [5.74, 6) is 0.703. The Labute approximate surface area is 84.4 Å². The predicted octanol–water partition coefficient (Wildman–Crippen LogP) is 1.36. The lowest BCUT2D eigenvalue weighted by atomic mass is 10.0. The first-order valence-corrected chi connectivity index (χ1v) is 4.79. The fourth-order valence-electron chi connectivity index (χ4n) is 1.01. The van der Waals surface area contributed by atoms with Crippen LogP contribution in [0.25, 0.3) is 0 Å². The van der Waals surface area contributed by atoms with Crippen molar-refractivity contribution in [1.82, 2.24) is 10.2 Å².